The van der Waals surface area contributed by atoms with Crippen LogP contribution in [0.4, 0.5) is 0 Å². The number of aromatic nitrogens is 2. The molecule has 0 aliphatic rings. The second kappa shape index (κ2) is 13.8. The lowest BCUT2D eigenvalue weighted by Crippen LogP contribution is -2.12. The van der Waals surface area contributed by atoms with Crippen LogP contribution in [0, 0.1) is 6.92 Å². The standard InChI is InChI=1S/C30H36N2O7S/c1-5-40(33,34)26-10-6-23(7-11-26)30-22(2)20-25-9-12-27(31-32(25)30)24-8-13-28(29(21-24)36-4)39-19-18-38-17-16-37-15-14-35-3/h6-13,20-21H,5,14-19H2,1-4H3. The molecule has 2 heterocycles. The van der Waals surface area contributed by atoms with Crippen molar-refractivity contribution >= 4 is 15.4 Å². The van der Waals surface area contributed by atoms with Crippen molar-refractivity contribution in [2.75, 3.05) is 59.6 Å². The van der Waals surface area contributed by atoms with Crippen LogP contribution in [-0.4, -0.2) is 77.6 Å². The Balaban J connectivity index is 1.49. The lowest BCUT2D eigenvalue weighted by atomic mass is 10.1. The summed E-state index contributed by atoms with van der Waals surface area (Å²) < 4.78 is 53.7. The number of nitrogens with zero attached hydrogens (tertiary/aromatic N) is 2. The Morgan fingerprint density at radius 1 is 0.775 bits per heavy atom. The number of sulfone groups is 1. The first-order valence-corrected chi connectivity index (χ1v) is 14.8. The first kappa shape index (κ1) is 29.5. The highest BCUT2D eigenvalue weighted by Crippen LogP contribution is 2.33. The van der Waals surface area contributed by atoms with Gasteiger partial charge in [0, 0.05) is 18.2 Å². The Bertz CT molecular complexity index is 1520. The molecule has 40 heavy (non-hydrogen) atoms. The number of fused-ring (bicyclic) bond motifs is 1. The molecule has 0 saturated heterocycles. The average molecular weight is 569 g/mol. The summed E-state index contributed by atoms with van der Waals surface area (Å²) in [5.74, 6) is 1.28. The van der Waals surface area contributed by atoms with E-state index in [2.05, 4.69) is 6.07 Å². The first-order valence-electron chi connectivity index (χ1n) is 13.2. The van der Waals surface area contributed by atoms with Crippen LogP contribution in [-0.2, 0) is 24.0 Å². The lowest BCUT2D eigenvalue weighted by molar-refractivity contribution is 0.0178. The van der Waals surface area contributed by atoms with Gasteiger partial charge in [0.15, 0.2) is 21.3 Å². The molecule has 0 radical (unpaired) electrons. The van der Waals surface area contributed by atoms with Crippen molar-refractivity contribution in [1.29, 1.82) is 0 Å². The quantitative estimate of drug-likeness (QED) is 0.188. The Hall–Kier alpha value is -3.44. The fraction of sp³-hybridized carbons (Fsp3) is 0.367. The number of rotatable bonds is 15. The van der Waals surface area contributed by atoms with Crippen molar-refractivity contribution < 1.29 is 32.1 Å². The van der Waals surface area contributed by atoms with E-state index in [4.69, 9.17) is 28.8 Å². The van der Waals surface area contributed by atoms with Crippen LogP contribution in [0.1, 0.15) is 12.5 Å². The zero-order valence-corrected chi connectivity index (χ0v) is 24.2. The highest BCUT2D eigenvalue weighted by atomic mass is 32.2. The van der Waals surface area contributed by atoms with E-state index >= 15 is 0 Å². The molecule has 0 amide bonds. The Kier molecular flexibility index (Phi) is 10.2. The molecule has 4 aromatic rings. The molecule has 0 aliphatic heterocycles. The maximum absolute atomic E-state index is 12.2. The number of hydrogen-bond acceptors (Lipinski definition) is 8. The van der Waals surface area contributed by atoms with Gasteiger partial charge in [-0.05, 0) is 61.0 Å². The van der Waals surface area contributed by atoms with Crippen LogP contribution in [0.25, 0.3) is 28.0 Å². The molecule has 214 valence electrons. The molecule has 2 aromatic heterocycles. The number of ether oxygens (including phenoxy) is 5. The molecular weight excluding hydrogens is 532 g/mol. The van der Waals surface area contributed by atoms with Gasteiger partial charge in [-0.2, -0.15) is 5.10 Å². The van der Waals surface area contributed by atoms with Crippen molar-refractivity contribution in [3.63, 3.8) is 0 Å². The Morgan fingerprint density at radius 3 is 2.12 bits per heavy atom. The largest absolute Gasteiger partial charge is 0.493 e. The summed E-state index contributed by atoms with van der Waals surface area (Å²) in [6.07, 6.45) is 0. The summed E-state index contributed by atoms with van der Waals surface area (Å²) in [6.45, 7) is 6.58. The third kappa shape index (κ3) is 7.00. The van der Waals surface area contributed by atoms with Crippen molar-refractivity contribution in [3.05, 3.63) is 66.2 Å². The van der Waals surface area contributed by atoms with Gasteiger partial charge in [-0.3, -0.25) is 0 Å². The van der Waals surface area contributed by atoms with Gasteiger partial charge in [0.05, 0.1) is 67.7 Å². The first-order chi connectivity index (χ1) is 19.4. The van der Waals surface area contributed by atoms with E-state index in [0.717, 1.165) is 33.6 Å². The minimum Gasteiger partial charge on any atom is -0.493 e. The van der Waals surface area contributed by atoms with E-state index in [1.807, 2.05) is 53.9 Å². The highest BCUT2D eigenvalue weighted by molar-refractivity contribution is 7.91. The summed E-state index contributed by atoms with van der Waals surface area (Å²) in [5, 5.41) is 4.92. The molecule has 0 spiro atoms. The van der Waals surface area contributed by atoms with E-state index in [1.54, 1.807) is 33.3 Å². The molecule has 4 rings (SSSR count). The molecule has 0 atom stereocenters. The minimum atomic E-state index is -3.26. The number of hydrogen-bond donors (Lipinski definition) is 0. The van der Waals surface area contributed by atoms with Gasteiger partial charge in [0.1, 0.15) is 6.61 Å². The van der Waals surface area contributed by atoms with Crippen LogP contribution in [0.5, 0.6) is 11.5 Å². The third-order valence-electron chi connectivity index (χ3n) is 6.43. The molecule has 10 heteroatoms. The predicted octanol–water partition coefficient (Wildman–Crippen LogP) is 4.84. The summed E-state index contributed by atoms with van der Waals surface area (Å²) >= 11 is 0. The summed E-state index contributed by atoms with van der Waals surface area (Å²) in [5.41, 5.74) is 5.42. The molecule has 9 nitrogen and oxygen atoms in total. The van der Waals surface area contributed by atoms with Gasteiger partial charge in [-0.15, -0.1) is 0 Å². The number of aryl methyl sites for hydroxylation is 1. The maximum Gasteiger partial charge on any atom is 0.178 e. The second-order valence-corrected chi connectivity index (χ2v) is 11.4. The van der Waals surface area contributed by atoms with E-state index in [0.29, 0.717) is 56.0 Å². The molecule has 0 unspecified atom stereocenters. The predicted molar refractivity (Wildman–Crippen MR) is 154 cm³/mol. The summed E-state index contributed by atoms with van der Waals surface area (Å²) in [7, 11) is -0.0228. The molecule has 0 saturated carbocycles. The fourth-order valence-corrected chi connectivity index (χ4v) is 5.18. The van der Waals surface area contributed by atoms with Crippen molar-refractivity contribution in [2.45, 2.75) is 18.7 Å². The SMILES string of the molecule is CCS(=O)(=O)c1ccc(-c2c(C)cc3ccc(-c4ccc(OCCOCCOCCOC)c(OC)c4)nn23)cc1. The third-order valence-corrected chi connectivity index (χ3v) is 8.18. The number of methoxy groups -OCH3 is 2. The smallest absolute Gasteiger partial charge is 0.178 e. The van der Waals surface area contributed by atoms with E-state index in [9.17, 15) is 8.42 Å². The van der Waals surface area contributed by atoms with Gasteiger partial charge in [-0.1, -0.05) is 19.1 Å². The molecule has 0 fully saturated rings. The van der Waals surface area contributed by atoms with E-state index in [-0.39, 0.29) is 5.75 Å². The summed E-state index contributed by atoms with van der Waals surface area (Å²) in [6, 6.07) is 18.7. The van der Waals surface area contributed by atoms with Gasteiger partial charge < -0.3 is 23.7 Å². The van der Waals surface area contributed by atoms with E-state index in [1.165, 1.54) is 0 Å². The zero-order chi connectivity index (χ0) is 28.5. The minimum absolute atomic E-state index is 0.0660. The fourth-order valence-electron chi connectivity index (χ4n) is 4.29. The highest BCUT2D eigenvalue weighted by Gasteiger charge is 2.16. The van der Waals surface area contributed by atoms with Crippen LogP contribution in [0.2, 0.25) is 0 Å². The normalized spacial score (nSPS) is 11.7. The van der Waals surface area contributed by atoms with Gasteiger partial charge in [0.2, 0.25) is 0 Å². The molecule has 2 aromatic carbocycles. The van der Waals surface area contributed by atoms with Gasteiger partial charge >= 0.3 is 0 Å². The van der Waals surface area contributed by atoms with Gasteiger partial charge in [0.25, 0.3) is 0 Å². The Labute approximate surface area is 235 Å². The summed E-state index contributed by atoms with van der Waals surface area (Å²) in [4.78, 5) is 0.318. The van der Waals surface area contributed by atoms with Crippen molar-refractivity contribution in [3.8, 4) is 34.0 Å². The van der Waals surface area contributed by atoms with Crippen LogP contribution in [0.15, 0.2) is 65.6 Å². The van der Waals surface area contributed by atoms with Crippen LogP contribution in [0.3, 0.4) is 0 Å². The lowest BCUT2D eigenvalue weighted by Gasteiger charge is -2.13. The molecular formula is C30H36N2O7S. The average Bonchev–Trinajstić information content (AvgIpc) is 3.31. The number of benzene rings is 2. The Morgan fingerprint density at radius 2 is 1.45 bits per heavy atom. The van der Waals surface area contributed by atoms with Crippen molar-refractivity contribution in [1.82, 2.24) is 9.61 Å². The van der Waals surface area contributed by atoms with Crippen molar-refractivity contribution in [2.24, 2.45) is 0 Å². The van der Waals surface area contributed by atoms with Crippen LogP contribution < -0.4 is 9.47 Å². The topological polar surface area (TPSA) is 97.6 Å². The maximum atomic E-state index is 12.2. The van der Waals surface area contributed by atoms with E-state index < -0.39 is 9.84 Å². The molecule has 0 bridgehead atoms. The molecule has 0 aliphatic carbocycles. The zero-order valence-electron chi connectivity index (χ0n) is 23.4. The monoisotopic (exact) mass is 568 g/mol. The van der Waals surface area contributed by atoms with Crippen LogP contribution >= 0.6 is 0 Å². The molecule has 0 N–H and O–H groups in total. The second-order valence-electron chi connectivity index (χ2n) is 9.09. The van der Waals surface area contributed by atoms with Gasteiger partial charge in [-0.25, -0.2) is 12.9 Å².